The number of nitriles is 1. The Balaban J connectivity index is 1.77. The van der Waals surface area contributed by atoms with Crippen molar-refractivity contribution in [3.8, 4) is 6.07 Å². The van der Waals surface area contributed by atoms with Gasteiger partial charge >= 0.3 is 0 Å². The lowest BCUT2D eigenvalue weighted by Gasteiger charge is -2.30. The quantitative estimate of drug-likeness (QED) is 0.850. The number of rotatable bonds is 5. The summed E-state index contributed by atoms with van der Waals surface area (Å²) in [6, 6.07) is 8.98. The van der Waals surface area contributed by atoms with E-state index in [2.05, 4.69) is 16.3 Å². The van der Waals surface area contributed by atoms with E-state index < -0.39 is 0 Å². The second-order valence-electron chi connectivity index (χ2n) is 5.47. The van der Waals surface area contributed by atoms with Crippen molar-refractivity contribution in [3.63, 3.8) is 0 Å². The number of anilines is 1. The average Bonchev–Trinajstić information content (AvgIpc) is 2.54. The van der Waals surface area contributed by atoms with E-state index in [1.54, 1.807) is 24.3 Å². The van der Waals surface area contributed by atoms with Gasteiger partial charge in [-0.3, -0.25) is 9.59 Å². The summed E-state index contributed by atoms with van der Waals surface area (Å²) in [5.41, 5.74) is 6.30. The second kappa shape index (κ2) is 7.57. The standard InChI is InChI=1S/C16H20N4O2/c17-11-13-3-1-2-4-14(13)19-15(21)7-10-20-8-5-12(6-9-20)16(18)22/h1-4,12H,5-10H2,(H2,18,22)(H,19,21). The zero-order valence-electron chi connectivity index (χ0n) is 12.4. The third-order valence-electron chi connectivity index (χ3n) is 3.97. The van der Waals surface area contributed by atoms with Crippen LogP contribution >= 0.6 is 0 Å². The molecular formula is C16H20N4O2. The first-order valence-electron chi connectivity index (χ1n) is 7.41. The molecule has 3 N–H and O–H groups in total. The number of nitrogens with zero attached hydrogens (tertiary/aromatic N) is 2. The number of nitrogens with two attached hydrogens (primary N) is 1. The summed E-state index contributed by atoms with van der Waals surface area (Å²) in [6.07, 6.45) is 1.88. The maximum atomic E-state index is 12.0. The fourth-order valence-electron chi connectivity index (χ4n) is 2.60. The van der Waals surface area contributed by atoms with Crippen LogP contribution in [0.1, 0.15) is 24.8 Å². The van der Waals surface area contributed by atoms with Gasteiger partial charge in [0.2, 0.25) is 11.8 Å². The Labute approximate surface area is 129 Å². The number of primary amides is 1. The number of hydrogen-bond acceptors (Lipinski definition) is 4. The van der Waals surface area contributed by atoms with Gasteiger partial charge in [0.25, 0.3) is 0 Å². The number of benzene rings is 1. The van der Waals surface area contributed by atoms with E-state index in [-0.39, 0.29) is 17.7 Å². The molecule has 1 fully saturated rings. The van der Waals surface area contributed by atoms with Gasteiger partial charge in [0.15, 0.2) is 0 Å². The SMILES string of the molecule is N#Cc1ccccc1NC(=O)CCN1CCC(C(N)=O)CC1. The van der Waals surface area contributed by atoms with Crippen molar-refractivity contribution in [2.24, 2.45) is 11.7 Å². The molecule has 0 saturated carbocycles. The van der Waals surface area contributed by atoms with Gasteiger partial charge in [0.05, 0.1) is 11.3 Å². The summed E-state index contributed by atoms with van der Waals surface area (Å²) < 4.78 is 0. The minimum Gasteiger partial charge on any atom is -0.369 e. The number of nitrogens with one attached hydrogen (secondary N) is 1. The largest absolute Gasteiger partial charge is 0.369 e. The lowest BCUT2D eigenvalue weighted by molar-refractivity contribution is -0.123. The van der Waals surface area contributed by atoms with Crippen molar-refractivity contribution in [3.05, 3.63) is 29.8 Å². The fourth-order valence-corrected chi connectivity index (χ4v) is 2.60. The number of para-hydroxylation sites is 1. The molecular weight excluding hydrogens is 280 g/mol. The first-order valence-corrected chi connectivity index (χ1v) is 7.41. The molecule has 2 rings (SSSR count). The Morgan fingerprint density at radius 1 is 1.32 bits per heavy atom. The van der Waals surface area contributed by atoms with Crippen LogP contribution in [0.3, 0.4) is 0 Å². The van der Waals surface area contributed by atoms with E-state index >= 15 is 0 Å². The van der Waals surface area contributed by atoms with Crippen molar-refractivity contribution in [2.75, 3.05) is 25.0 Å². The number of amides is 2. The molecule has 0 unspecified atom stereocenters. The van der Waals surface area contributed by atoms with Gasteiger partial charge in [-0.25, -0.2) is 0 Å². The van der Waals surface area contributed by atoms with Crippen molar-refractivity contribution >= 4 is 17.5 Å². The van der Waals surface area contributed by atoms with Crippen LogP contribution in [0.25, 0.3) is 0 Å². The highest BCUT2D eigenvalue weighted by molar-refractivity contribution is 5.92. The van der Waals surface area contributed by atoms with Crippen molar-refractivity contribution < 1.29 is 9.59 Å². The average molecular weight is 300 g/mol. The first-order chi connectivity index (χ1) is 10.6. The maximum Gasteiger partial charge on any atom is 0.225 e. The highest BCUT2D eigenvalue weighted by Crippen LogP contribution is 2.17. The van der Waals surface area contributed by atoms with Crippen molar-refractivity contribution in [2.45, 2.75) is 19.3 Å². The Morgan fingerprint density at radius 3 is 2.64 bits per heavy atom. The van der Waals surface area contributed by atoms with Gasteiger partial charge in [0, 0.05) is 18.9 Å². The summed E-state index contributed by atoms with van der Waals surface area (Å²) >= 11 is 0. The van der Waals surface area contributed by atoms with Crippen LogP contribution in [-0.4, -0.2) is 36.3 Å². The molecule has 2 amide bonds. The Bertz CT molecular complexity index is 586. The topological polar surface area (TPSA) is 99.2 Å². The van der Waals surface area contributed by atoms with E-state index in [0.29, 0.717) is 24.2 Å². The monoisotopic (exact) mass is 300 g/mol. The van der Waals surface area contributed by atoms with Gasteiger partial charge in [0.1, 0.15) is 6.07 Å². The van der Waals surface area contributed by atoms with Gasteiger partial charge in [-0.15, -0.1) is 0 Å². The molecule has 1 aromatic rings. The highest BCUT2D eigenvalue weighted by atomic mass is 16.2. The molecule has 6 nitrogen and oxygen atoms in total. The molecule has 0 spiro atoms. The first kappa shape index (κ1) is 16.0. The summed E-state index contributed by atoms with van der Waals surface area (Å²) in [5, 5.41) is 11.8. The van der Waals surface area contributed by atoms with Crippen LogP contribution in [0.2, 0.25) is 0 Å². The number of carbonyl (C=O) groups is 2. The van der Waals surface area contributed by atoms with Crippen LogP contribution in [0.15, 0.2) is 24.3 Å². The smallest absolute Gasteiger partial charge is 0.225 e. The Kier molecular flexibility index (Phi) is 5.50. The molecule has 6 heteroatoms. The molecule has 0 bridgehead atoms. The number of likely N-dealkylation sites (tertiary alicyclic amines) is 1. The number of piperidine rings is 1. The van der Waals surface area contributed by atoms with Crippen LogP contribution in [0.5, 0.6) is 0 Å². The van der Waals surface area contributed by atoms with E-state index in [4.69, 9.17) is 11.0 Å². The highest BCUT2D eigenvalue weighted by Gasteiger charge is 2.23. The molecule has 0 radical (unpaired) electrons. The van der Waals surface area contributed by atoms with Gasteiger partial charge < -0.3 is 16.0 Å². The molecule has 22 heavy (non-hydrogen) atoms. The van der Waals surface area contributed by atoms with Crippen molar-refractivity contribution in [1.82, 2.24) is 4.90 Å². The minimum atomic E-state index is -0.231. The second-order valence-corrected chi connectivity index (χ2v) is 5.47. The summed E-state index contributed by atoms with van der Waals surface area (Å²) in [5.74, 6) is -0.377. The van der Waals surface area contributed by atoms with Crippen LogP contribution < -0.4 is 11.1 Å². The molecule has 0 aromatic heterocycles. The number of hydrogen-bond donors (Lipinski definition) is 2. The lowest BCUT2D eigenvalue weighted by Crippen LogP contribution is -2.39. The molecule has 1 saturated heterocycles. The third-order valence-corrected chi connectivity index (χ3v) is 3.97. The van der Waals surface area contributed by atoms with E-state index in [1.807, 2.05) is 0 Å². The molecule has 0 aliphatic carbocycles. The molecule has 1 aliphatic rings. The van der Waals surface area contributed by atoms with Crippen LogP contribution in [0.4, 0.5) is 5.69 Å². The minimum absolute atomic E-state index is 0.0346. The summed E-state index contributed by atoms with van der Waals surface area (Å²) in [6.45, 7) is 2.22. The van der Waals surface area contributed by atoms with Gasteiger partial charge in [-0.1, -0.05) is 12.1 Å². The van der Waals surface area contributed by atoms with Crippen LogP contribution in [-0.2, 0) is 9.59 Å². The zero-order valence-corrected chi connectivity index (χ0v) is 12.4. The van der Waals surface area contributed by atoms with E-state index in [0.717, 1.165) is 25.9 Å². The van der Waals surface area contributed by atoms with Crippen LogP contribution in [0, 0.1) is 17.2 Å². The van der Waals surface area contributed by atoms with Crippen molar-refractivity contribution in [1.29, 1.82) is 5.26 Å². The zero-order chi connectivity index (χ0) is 15.9. The molecule has 1 aromatic carbocycles. The Morgan fingerprint density at radius 2 is 2.00 bits per heavy atom. The maximum absolute atomic E-state index is 12.0. The Hall–Kier alpha value is -2.39. The third kappa shape index (κ3) is 4.30. The molecule has 116 valence electrons. The number of carbonyl (C=O) groups excluding carboxylic acids is 2. The predicted octanol–water partition coefficient (Wildman–Crippen LogP) is 1.08. The van der Waals surface area contributed by atoms with E-state index in [9.17, 15) is 9.59 Å². The molecule has 1 heterocycles. The normalized spacial score (nSPS) is 16.0. The molecule has 0 atom stereocenters. The lowest BCUT2D eigenvalue weighted by atomic mass is 9.96. The molecule has 1 aliphatic heterocycles. The fraction of sp³-hybridized carbons (Fsp3) is 0.438. The van der Waals surface area contributed by atoms with Gasteiger partial charge in [-0.05, 0) is 38.1 Å². The van der Waals surface area contributed by atoms with Gasteiger partial charge in [-0.2, -0.15) is 5.26 Å². The predicted molar refractivity (Wildman–Crippen MR) is 82.8 cm³/mol. The van der Waals surface area contributed by atoms with E-state index in [1.165, 1.54) is 0 Å². The summed E-state index contributed by atoms with van der Waals surface area (Å²) in [4.78, 5) is 25.2. The summed E-state index contributed by atoms with van der Waals surface area (Å²) in [7, 11) is 0.